The van der Waals surface area contributed by atoms with Gasteiger partial charge in [-0.3, -0.25) is 10.1 Å². The topological polar surface area (TPSA) is 76.2 Å². The Morgan fingerprint density at radius 2 is 2.05 bits per heavy atom. The monoisotopic (exact) mass is 288 g/mol. The number of hydrogen-bond donors (Lipinski definition) is 0. The van der Waals surface area contributed by atoms with Gasteiger partial charge in [0.05, 0.1) is 15.5 Å². The van der Waals surface area contributed by atoms with Crippen LogP contribution < -0.4 is 4.74 Å². The molecule has 2 aromatic carbocycles. The third-order valence-corrected chi connectivity index (χ3v) is 2.97. The Labute approximate surface area is 120 Å². The molecule has 20 heavy (non-hydrogen) atoms. The minimum Gasteiger partial charge on any atom is -0.457 e. The van der Waals surface area contributed by atoms with Gasteiger partial charge in [-0.15, -0.1) is 0 Å². The maximum Gasteiger partial charge on any atom is 0.269 e. The zero-order chi connectivity index (χ0) is 14.7. The lowest BCUT2D eigenvalue weighted by Gasteiger charge is -2.09. The number of nitro benzene ring substituents is 1. The largest absolute Gasteiger partial charge is 0.457 e. The molecule has 0 fully saturated rings. The van der Waals surface area contributed by atoms with Crippen LogP contribution >= 0.6 is 11.6 Å². The summed E-state index contributed by atoms with van der Waals surface area (Å²) in [6.07, 6.45) is 0. The van der Waals surface area contributed by atoms with E-state index in [9.17, 15) is 10.1 Å². The molecule has 0 heterocycles. The van der Waals surface area contributed by atoms with Gasteiger partial charge in [0.15, 0.2) is 0 Å². The van der Waals surface area contributed by atoms with Gasteiger partial charge in [0.25, 0.3) is 5.69 Å². The molecule has 0 N–H and O–H groups in total. The van der Waals surface area contributed by atoms with Gasteiger partial charge >= 0.3 is 0 Å². The zero-order valence-corrected chi connectivity index (χ0v) is 11.2. The number of rotatable bonds is 3. The predicted molar refractivity (Wildman–Crippen MR) is 74.1 cm³/mol. The van der Waals surface area contributed by atoms with Gasteiger partial charge in [-0.1, -0.05) is 11.6 Å². The highest BCUT2D eigenvalue weighted by Gasteiger charge is 2.10. The molecule has 0 aromatic heterocycles. The summed E-state index contributed by atoms with van der Waals surface area (Å²) in [6.45, 7) is 1.72. The molecule has 0 atom stereocenters. The fourth-order valence-electron chi connectivity index (χ4n) is 1.64. The second-order valence-corrected chi connectivity index (χ2v) is 4.47. The highest BCUT2D eigenvalue weighted by molar-refractivity contribution is 6.31. The molecular weight excluding hydrogens is 280 g/mol. The van der Waals surface area contributed by atoms with Crippen molar-refractivity contribution in [2.24, 2.45) is 0 Å². The van der Waals surface area contributed by atoms with Crippen LogP contribution in [0.15, 0.2) is 36.4 Å². The SMILES string of the molecule is Cc1cc([N+](=O)[O-])ccc1Oc1ccc(C#N)c(Cl)c1. The summed E-state index contributed by atoms with van der Waals surface area (Å²) < 4.78 is 5.61. The Morgan fingerprint density at radius 3 is 2.60 bits per heavy atom. The lowest BCUT2D eigenvalue weighted by molar-refractivity contribution is -0.384. The van der Waals surface area contributed by atoms with E-state index in [0.717, 1.165) is 0 Å². The number of nitriles is 1. The van der Waals surface area contributed by atoms with Crippen LogP contribution in [-0.4, -0.2) is 4.92 Å². The molecule has 0 saturated heterocycles. The molecule has 0 aliphatic rings. The molecule has 0 spiro atoms. The van der Waals surface area contributed by atoms with Crippen LogP contribution in [0.3, 0.4) is 0 Å². The highest BCUT2D eigenvalue weighted by Crippen LogP contribution is 2.30. The van der Waals surface area contributed by atoms with Crippen molar-refractivity contribution in [2.75, 3.05) is 0 Å². The number of nitrogens with zero attached hydrogens (tertiary/aromatic N) is 2. The minimum atomic E-state index is -0.463. The van der Waals surface area contributed by atoms with Gasteiger partial charge in [-0.05, 0) is 30.7 Å². The molecule has 5 nitrogen and oxygen atoms in total. The third kappa shape index (κ3) is 2.87. The smallest absolute Gasteiger partial charge is 0.269 e. The first kappa shape index (κ1) is 13.8. The van der Waals surface area contributed by atoms with Gasteiger partial charge < -0.3 is 4.74 Å². The summed E-state index contributed by atoms with van der Waals surface area (Å²) in [5, 5.41) is 19.7. The van der Waals surface area contributed by atoms with E-state index in [4.69, 9.17) is 21.6 Å². The van der Waals surface area contributed by atoms with Crippen molar-refractivity contribution in [3.63, 3.8) is 0 Å². The highest BCUT2D eigenvalue weighted by atomic mass is 35.5. The summed E-state index contributed by atoms with van der Waals surface area (Å²) in [4.78, 5) is 10.2. The van der Waals surface area contributed by atoms with Crippen LogP contribution in [0.4, 0.5) is 5.69 Å². The summed E-state index contributed by atoms with van der Waals surface area (Å²) in [6, 6.07) is 11.0. The van der Waals surface area contributed by atoms with E-state index in [2.05, 4.69) is 0 Å². The van der Waals surface area contributed by atoms with Crippen molar-refractivity contribution in [1.29, 1.82) is 5.26 Å². The second kappa shape index (κ2) is 5.59. The number of non-ortho nitro benzene ring substituents is 1. The van der Waals surface area contributed by atoms with Crippen molar-refractivity contribution in [2.45, 2.75) is 6.92 Å². The molecular formula is C14H9ClN2O3. The number of hydrogen-bond acceptors (Lipinski definition) is 4. The normalized spacial score (nSPS) is 9.85. The molecule has 0 radical (unpaired) electrons. The van der Waals surface area contributed by atoms with E-state index in [0.29, 0.717) is 27.6 Å². The van der Waals surface area contributed by atoms with E-state index in [1.54, 1.807) is 19.1 Å². The average molecular weight is 289 g/mol. The fraction of sp³-hybridized carbons (Fsp3) is 0.0714. The number of halogens is 1. The third-order valence-electron chi connectivity index (χ3n) is 2.66. The van der Waals surface area contributed by atoms with E-state index >= 15 is 0 Å². The fourth-order valence-corrected chi connectivity index (χ4v) is 1.85. The Hall–Kier alpha value is -2.58. The first-order valence-electron chi connectivity index (χ1n) is 5.64. The van der Waals surface area contributed by atoms with Crippen molar-refractivity contribution >= 4 is 17.3 Å². The van der Waals surface area contributed by atoms with Gasteiger partial charge in [-0.25, -0.2) is 0 Å². The number of nitro groups is 1. The Kier molecular flexibility index (Phi) is 3.87. The van der Waals surface area contributed by atoms with Crippen molar-refractivity contribution < 1.29 is 9.66 Å². The van der Waals surface area contributed by atoms with Gasteiger partial charge in [-0.2, -0.15) is 5.26 Å². The average Bonchev–Trinajstić information content (AvgIpc) is 2.41. The van der Waals surface area contributed by atoms with Crippen LogP contribution in [0.2, 0.25) is 5.02 Å². The van der Waals surface area contributed by atoms with Gasteiger partial charge in [0, 0.05) is 18.2 Å². The molecule has 2 aromatic rings. The van der Waals surface area contributed by atoms with E-state index in [-0.39, 0.29) is 5.69 Å². The second-order valence-electron chi connectivity index (χ2n) is 4.06. The summed E-state index contributed by atoms with van der Waals surface area (Å²) in [5.74, 6) is 0.960. The Balaban J connectivity index is 2.29. The Morgan fingerprint density at radius 1 is 1.30 bits per heavy atom. The molecule has 0 unspecified atom stereocenters. The quantitative estimate of drug-likeness (QED) is 0.626. The first-order chi connectivity index (χ1) is 9.51. The van der Waals surface area contributed by atoms with Crippen LogP contribution in [0.5, 0.6) is 11.5 Å². The van der Waals surface area contributed by atoms with Crippen LogP contribution in [-0.2, 0) is 0 Å². The van der Waals surface area contributed by atoms with E-state index in [1.165, 1.54) is 24.3 Å². The number of benzene rings is 2. The van der Waals surface area contributed by atoms with Gasteiger partial charge in [0.2, 0.25) is 0 Å². The molecule has 0 aliphatic heterocycles. The van der Waals surface area contributed by atoms with Crippen molar-refractivity contribution in [3.05, 3.63) is 62.7 Å². The van der Waals surface area contributed by atoms with Crippen molar-refractivity contribution in [3.8, 4) is 17.6 Å². The molecule has 100 valence electrons. The molecule has 6 heteroatoms. The lowest BCUT2D eigenvalue weighted by Crippen LogP contribution is -1.92. The van der Waals surface area contributed by atoms with Crippen molar-refractivity contribution in [1.82, 2.24) is 0 Å². The summed E-state index contributed by atoms with van der Waals surface area (Å²) >= 11 is 5.91. The lowest BCUT2D eigenvalue weighted by atomic mass is 10.2. The molecule has 0 bridgehead atoms. The maximum atomic E-state index is 10.7. The molecule has 0 aliphatic carbocycles. The maximum absolute atomic E-state index is 10.7. The molecule has 2 rings (SSSR count). The number of aryl methyl sites for hydroxylation is 1. The summed E-state index contributed by atoms with van der Waals surface area (Å²) in [5.41, 5.74) is 1.01. The van der Waals surface area contributed by atoms with E-state index in [1.807, 2.05) is 6.07 Å². The first-order valence-corrected chi connectivity index (χ1v) is 6.01. The van der Waals surface area contributed by atoms with Crippen LogP contribution in [0, 0.1) is 28.4 Å². The molecule has 0 amide bonds. The van der Waals surface area contributed by atoms with Gasteiger partial charge in [0.1, 0.15) is 17.6 Å². The predicted octanol–water partition coefficient (Wildman–Crippen LogP) is 4.22. The summed E-state index contributed by atoms with van der Waals surface area (Å²) in [7, 11) is 0. The zero-order valence-electron chi connectivity index (χ0n) is 10.5. The molecule has 0 saturated carbocycles. The van der Waals surface area contributed by atoms with Crippen LogP contribution in [0.25, 0.3) is 0 Å². The minimum absolute atomic E-state index is 0.00714. The standard InChI is InChI=1S/C14H9ClN2O3/c1-9-6-11(17(18)19)3-5-14(9)20-12-4-2-10(8-16)13(15)7-12/h2-7H,1H3. The van der Waals surface area contributed by atoms with E-state index < -0.39 is 4.92 Å². The Bertz CT molecular complexity index is 723. The van der Waals surface area contributed by atoms with Crippen LogP contribution in [0.1, 0.15) is 11.1 Å². The number of ether oxygens (including phenoxy) is 1.